The van der Waals surface area contributed by atoms with Crippen molar-refractivity contribution in [2.75, 3.05) is 32.8 Å². The summed E-state index contributed by atoms with van der Waals surface area (Å²) in [5.41, 5.74) is 1.30. The van der Waals surface area contributed by atoms with Crippen LogP contribution in [0, 0.1) is 0 Å². The number of likely N-dealkylation sites (tertiary alicyclic amines) is 1. The number of rotatable bonds is 6. The number of aromatic nitrogens is 1. The molecule has 1 aliphatic heterocycles. The molecule has 1 aromatic heterocycles. The van der Waals surface area contributed by atoms with Gasteiger partial charge in [-0.25, -0.2) is 0 Å². The minimum Gasteiger partial charge on any atom is -0.394 e. The Hall–Kier alpha value is -0.970. The first-order chi connectivity index (χ1) is 8.88. The van der Waals surface area contributed by atoms with Crippen molar-refractivity contribution < 1.29 is 9.84 Å². The predicted octanol–water partition coefficient (Wildman–Crippen LogP) is 1.10. The molecular formula is C14H22N2O2. The highest BCUT2D eigenvalue weighted by Gasteiger charge is 2.18. The van der Waals surface area contributed by atoms with Crippen molar-refractivity contribution >= 4 is 0 Å². The SMILES string of the molecule is OCCOC1CCN(CCc2cccnc2)CC1. The van der Waals surface area contributed by atoms with Gasteiger partial charge in [-0.3, -0.25) is 4.98 Å². The van der Waals surface area contributed by atoms with E-state index in [1.807, 2.05) is 18.5 Å². The van der Waals surface area contributed by atoms with Crippen LogP contribution in [0.3, 0.4) is 0 Å². The third-order valence-electron chi connectivity index (χ3n) is 3.42. The monoisotopic (exact) mass is 250 g/mol. The van der Waals surface area contributed by atoms with Crippen LogP contribution < -0.4 is 0 Å². The lowest BCUT2D eigenvalue weighted by Gasteiger charge is -2.31. The summed E-state index contributed by atoms with van der Waals surface area (Å²) in [5.74, 6) is 0. The third-order valence-corrected chi connectivity index (χ3v) is 3.42. The van der Waals surface area contributed by atoms with Gasteiger partial charge in [-0.2, -0.15) is 0 Å². The van der Waals surface area contributed by atoms with Gasteiger partial charge in [-0.1, -0.05) is 6.07 Å². The zero-order valence-corrected chi connectivity index (χ0v) is 10.8. The molecular weight excluding hydrogens is 228 g/mol. The Kier molecular flexibility index (Phi) is 5.58. The highest BCUT2D eigenvalue weighted by molar-refractivity contribution is 5.08. The van der Waals surface area contributed by atoms with Crippen LogP contribution in [0.2, 0.25) is 0 Å². The molecule has 0 saturated carbocycles. The van der Waals surface area contributed by atoms with Crippen molar-refractivity contribution in [3.8, 4) is 0 Å². The van der Waals surface area contributed by atoms with Crippen molar-refractivity contribution in [3.05, 3.63) is 30.1 Å². The molecule has 18 heavy (non-hydrogen) atoms. The van der Waals surface area contributed by atoms with Gasteiger partial charge in [0, 0.05) is 32.0 Å². The molecule has 0 atom stereocenters. The van der Waals surface area contributed by atoms with E-state index in [2.05, 4.69) is 16.0 Å². The first-order valence-corrected chi connectivity index (χ1v) is 6.72. The first kappa shape index (κ1) is 13.5. The summed E-state index contributed by atoms with van der Waals surface area (Å²) >= 11 is 0. The molecule has 0 unspecified atom stereocenters. The molecule has 1 aromatic rings. The molecule has 100 valence electrons. The van der Waals surface area contributed by atoms with Crippen LogP contribution in [0.4, 0.5) is 0 Å². The lowest BCUT2D eigenvalue weighted by atomic mass is 10.1. The molecule has 1 aliphatic rings. The van der Waals surface area contributed by atoms with Crippen molar-refractivity contribution in [2.45, 2.75) is 25.4 Å². The number of hydrogen-bond acceptors (Lipinski definition) is 4. The Bertz CT molecular complexity index is 324. The molecule has 1 fully saturated rings. The van der Waals surface area contributed by atoms with Gasteiger partial charge in [-0.15, -0.1) is 0 Å². The van der Waals surface area contributed by atoms with Gasteiger partial charge in [0.15, 0.2) is 0 Å². The summed E-state index contributed by atoms with van der Waals surface area (Å²) in [6, 6.07) is 4.12. The second-order valence-electron chi connectivity index (χ2n) is 4.75. The predicted molar refractivity (Wildman–Crippen MR) is 70.4 cm³/mol. The Morgan fingerprint density at radius 3 is 2.89 bits per heavy atom. The second kappa shape index (κ2) is 7.46. The number of pyridine rings is 1. The quantitative estimate of drug-likeness (QED) is 0.821. The Morgan fingerprint density at radius 2 is 2.22 bits per heavy atom. The Morgan fingerprint density at radius 1 is 1.39 bits per heavy atom. The molecule has 4 heteroatoms. The van der Waals surface area contributed by atoms with E-state index in [1.54, 1.807) is 0 Å². The van der Waals surface area contributed by atoms with Gasteiger partial charge in [0.2, 0.25) is 0 Å². The summed E-state index contributed by atoms with van der Waals surface area (Å²) in [7, 11) is 0. The van der Waals surface area contributed by atoms with Crippen LogP contribution in [0.15, 0.2) is 24.5 Å². The summed E-state index contributed by atoms with van der Waals surface area (Å²) in [6.07, 6.45) is 7.31. The number of piperidine rings is 1. The van der Waals surface area contributed by atoms with Crippen LogP contribution in [-0.2, 0) is 11.2 Å². The number of hydrogen-bond donors (Lipinski definition) is 1. The maximum absolute atomic E-state index is 8.72. The van der Waals surface area contributed by atoms with Crippen LogP contribution in [0.1, 0.15) is 18.4 Å². The van der Waals surface area contributed by atoms with E-state index in [9.17, 15) is 0 Å². The number of aliphatic hydroxyl groups is 1. The molecule has 0 amide bonds. The lowest BCUT2D eigenvalue weighted by Crippen LogP contribution is -2.38. The summed E-state index contributed by atoms with van der Waals surface area (Å²) in [4.78, 5) is 6.61. The van der Waals surface area contributed by atoms with Gasteiger partial charge in [0.05, 0.1) is 19.3 Å². The molecule has 0 aromatic carbocycles. The average molecular weight is 250 g/mol. The van der Waals surface area contributed by atoms with Gasteiger partial charge in [0.25, 0.3) is 0 Å². The summed E-state index contributed by atoms with van der Waals surface area (Å²) in [5, 5.41) is 8.72. The number of nitrogens with zero attached hydrogens (tertiary/aromatic N) is 2. The fourth-order valence-corrected chi connectivity index (χ4v) is 2.35. The molecule has 0 bridgehead atoms. The molecule has 0 aliphatic carbocycles. The van der Waals surface area contributed by atoms with E-state index in [0.717, 1.165) is 38.9 Å². The minimum absolute atomic E-state index is 0.126. The molecule has 1 N–H and O–H groups in total. The standard InChI is InChI=1S/C14H22N2O2/c17-10-11-18-14-4-8-16(9-5-14)7-3-13-2-1-6-15-12-13/h1-2,6,12,14,17H,3-5,7-11H2. The lowest BCUT2D eigenvalue weighted by molar-refractivity contribution is -0.00748. The molecule has 0 spiro atoms. The van der Waals surface area contributed by atoms with Crippen molar-refractivity contribution in [3.63, 3.8) is 0 Å². The minimum atomic E-state index is 0.126. The highest BCUT2D eigenvalue weighted by atomic mass is 16.5. The highest BCUT2D eigenvalue weighted by Crippen LogP contribution is 2.14. The summed E-state index contributed by atoms with van der Waals surface area (Å²) in [6.45, 7) is 3.88. The largest absolute Gasteiger partial charge is 0.394 e. The van der Waals surface area contributed by atoms with Crippen LogP contribution >= 0.6 is 0 Å². The Balaban J connectivity index is 1.65. The topological polar surface area (TPSA) is 45.6 Å². The zero-order chi connectivity index (χ0) is 12.6. The average Bonchev–Trinajstić information content (AvgIpc) is 2.45. The van der Waals surface area contributed by atoms with Crippen molar-refractivity contribution in [1.29, 1.82) is 0 Å². The maximum atomic E-state index is 8.72. The van der Waals surface area contributed by atoms with Gasteiger partial charge < -0.3 is 14.7 Å². The van der Waals surface area contributed by atoms with E-state index in [1.165, 1.54) is 5.56 Å². The first-order valence-electron chi connectivity index (χ1n) is 6.72. The second-order valence-corrected chi connectivity index (χ2v) is 4.75. The van der Waals surface area contributed by atoms with Crippen molar-refractivity contribution in [1.82, 2.24) is 9.88 Å². The van der Waals surface area contributed by atoms with Crippen LogP contribution in [0.5, 0.6) is 0 Å². The molecule has 2 heterocycles. The fourth-order valence-electron chi connectivity index (χ4n) is 2.35. The van der Waals surface area contributed by atoms with E-state index in [-0.39, 0.29) is 6.61 Å². The van der Waals surface area contributed by atoms with E-state index in [4.69, 9.17) is 9.84 Å². The zero-order valence-electron chi connectivity index (χ0n) is 10.8. The van der Waals surface area contributed by atoms with E-state index in [0.29, 0.717) is 12.7 Å². The van der Waals surface area contributed by atoms with Gasteiger partial charge in [-0.05, 0) is 30.9 Å². The van der Waals surface area contributed by atoms with Gasteiger partial charge >= 0.3 is 0 Å². The Labute approximate surface area is 109 Å². The molecule has 0 radical (unpaired) electrons. The van der Waals surface area contributed by atoms with Crippen LogP contribution in [-0.4, -0.2) is 53.9 Å². The molecule has 2 rings (SSSR count). The normalized spacial score (nSPS) is 18.1. The van der Waals surface area contributed by atoms with Crippen molar-refractivity contribution in [2.24, 2.45) is 0 Å². The number of aliphatic hydroxyl groups excluding tert-OH is 1. The summed E-state index contributed by atoms with van der Waals surface area (Å²) < 4.78 is 5.56. The van der Waals surface area contributed by atoms with Crippen LogP contribution in [0.25, 0.3) is 0 Å². The maximum Gasteiger partial charge on any atom is 0.0701 e. The van der Waals surface area contributed by atoms with Gasteiger partial charge in [0.1, 0.15) is 0 Å². The molecule has 1 saturated heterocycles. The smallest absolute Gasteiger partial charge is 0.0701 e. The number of ether oxygens (including phenoxy) is 1. The third kappa shape index (κ3) is 4.37. The van der Waals surface area contributed by atoms with E-state index >= 15 is 0 Å². The van der Waals surface area contributed by atoms with E-state index < -0.39 is 0 Å². The molecule has 4 nitrogen and oxygen atoms in total. The fraction of sp³-hybridized carbons (Fsp3) is 0.643.